The van der Waals surface area contributed by atoms with Gasteiger partial charge in [0.1, 0.15) is 5.75 Å². The lowest BCUT2D eigenvalue weighted by Gasteiger charge is -2.10. The van der Waals surface area contributed by atoms with Crippen molar-refractivity contribution >= 4 is 0 Å². The minimum atomic E-state index is 0.691. The molecule has 0 spiro atoms. The number of rotatable bonds is 6. The monoisotopic (exact) mass is 256 g/mol. The standard InChI is InChI=1S/C16H20N2O/c1-3-19-16-10-5-4-8-14(16)11-17-12-15-9-6-7-13(2)18-15/h4-10,17H,3,11-12H2,1-2H3. The minimum absolute atomic E-state index is 0.691. The third kappa shape index (κ3) is 4.07. The van der Waals surface area contributed by atoms with Crippen LogP contribution < -0.4 is 10.1 Å². The van der Waals surface area contributed by atoms with Gasteiger partial charge in [0.05, 0.1) is 12.3 Å². The van der Waals surface area contributed by atoms with Crippen LogP contribution in [0.25, 0.3) is 0 Å². The van der Waals surface area contributed by atoms with Gasteiger partial charge < -0.3 is 10.1 Å². The smallest absolute Gasteiger partial charge is 0.123 e. The van der Waals surface area contributed by atoms with E-state index in [2.05, 4.69) is 16.4 Å². The molecule has 2 rings (SSSR count). The number of nitrogens with one attached hydrogen (secondary N) is 1. The van der Waals surface area contributed by atoms with E-state index >= 15 is 0 Å². The number of hydrogen-bond acceptors (Lipinski definition) is 3. The largest absolute Gasteiger partial charge is 0.494 e. The summed E-state index contributed by atoms with van der Waals surface area (Å²) in [5.74, 6) is 0.953. The van der Waals surface area contributed by atoms with E-state index in [4.69, 9.17) is 4.74 Å². The molecule has 1 aromatic carbocycles. The van der Waals surface area contributed by atoms with Crippen LogP contribution in [-0.2, 0) is 13.1 Å². The Morgan fingerprint density at radius 3 is 2.68 bits per heavy atom. The number of aryl methyl sites for hydroxylation is 1. The Hall–Kier alpha value is -1.87. The van der Waals surface area contributed by atoms with E-state index in [0.29, 0.717) is 6.61 Å². The molecule has 0 aliphatic rings. The van der Waals surface area contributed by atoms with Crippen LogP contribution in [0.5, 0.6) is 5.75 Å². The molecule has 100 valence electrons. The highest BCUT2D eigenvalue weighted by Gasteiger charge is 2.02. The van der Waals surface area contributed by atoms with E-state index in [0.717, 1.165) is 30.2 Å². The fraction of sp³-hybridized carbons (Fsp3) is 0.312. The van der Waals surface area contributed by atoms with Gasteiger partial charge >= 0.3 is 0 Å². The first-order valence-corrected chi connectivity index (χ1v) is 6.63. The van der Waals surface area contributed by atoms with Crippen molar-refractivity contribution in [2.75, 3.05) is 6.61 Å². The van der Waals surface area contributed by atoms with Gasteiger partial charge in [-0.25, -0.2) is 0 Å². The molecule has 0 aliphatic carbocycles. The molecule has 2 aromatic rings. The summed E-state index contributed by atoms with van der Waals surface area (Å²) in [7, 11) is 0. The summed E-state index contributed by atoms with van der Waals surface area (Å²) in [5, 5.41) is 3.40. The summed E-state index contributed by atoms with van der Waals surface area (Å²) >= 11 is 0. The number of aromatic nitrogens is 1. The second-order valence-electron chi connectivity index (χ2n) is 4.41. The van der Waals surface area contributed by atoms with Gasteiger partial charge in [0.25, 0.3) is 0 Å². The molecule has 3 heteroatoms. The van der Waals surface area contributed by atoms with Gasteiger partial charge in [-0.05, 0) is 32.0 Å². The van der Waals surface area contributed by atoms with Crippen molar-refractivity contribution in [2.45, 2.75) is 26.9 Å². The SMILES string of the molecule is CCOc1ccccc1CNCc1cccc(C)n1. The number of ether oxygens (including phenoxy) is 1. The Labute approximate surface area is 114 Å². The zero-order valence-electron chi connectivity index (χ0n) is 11.5. The van der Waals surface area contributed by atoms with E-state index in [1.165, 1.54) is 5.56 Å². The Morgan fingerprint density at radius 1 is 1.05 bits per heavy atom. The van der Waals surface area contributed by atoms with Gasteiger partial charge in [-0.2, -0.15) is 0 Å². The third-order valence-electron chi connectivity index (χ3n) is 2.84. The predicted octanol–water partition coefficient (Wildman–Crippen LogP) is 3.08. The molecular weight excluding hydrogens is 236 g/mol. The van der Waals surface area contributed by atoms with E-state index in [1.54, 1.807) is 0 Å². The van der Waals surface area contributed by atoms with Crippen LogP contribution in [0.4, 0.5) is 0 Å². The average Bonchev–Trinajstić information content (AvgIpc) is 2.41. The molecule has 3 nitrogen and oxygen atoms in total. The third-order valence-corrected chi connectivity index (χ3v) is 2.84. The Bertz CT molecular complexity index is 526. The van der Waals surface area contributed by atoms with Crippen molar-refractivity contribution < 1.29 is 4.74 Å². The van der Waals surface area contributed by atoms with Crippen molar-refractivity contribution in [1.29, 1.82) is 0 Å². The van der Waals surface area contributed by atoms with Crippen LogP contribution in [0.2, 0.25) is 0 Å². The summed E-state index contributed by atoms with van der Waals surface area (Å²) in [6.07, 6.45) is 0. The summed E-state index contributed by atoms with van der Waals surface area (Å²) in [4.78, 5) is 4.47. The normalized spacial score (nSPS) is 10.4. The molecule has 0 atom stereocenters. The van der Waals surface area contributed by atoms with Crippen molar-refractivity contribution in [3.05, 3.63) is 59.4 Å². The maximum Gasteiger partial charge on any atom is 0.123 e. The van der Waals surface area contributed by atoms with Crippen LogP contribution in [0.3, 0.4) is 0 Å². The van der Waals surface area contributed by atoms with Crippen LogP contribution in [0.1, 0.15) is 23.9 Å². The number of nitrogens with zero attached hydrogens (tertiary/aromatic N) is 1. The summed E-state index contributed by atoms with van der Waals surface area (Å²) in [6, 6.07) is 14.2. The van der Waals surface area contributed by atoms with Gasteiger partial charge in [-0.1, -0.05) is 24.3 Å². The first-order valence-electron chi connectivity index (χ1n) is 6.63. The maximum atomic E-state index is 5.60. The number of hydrogen-bond donors (Lipinski definition) is 1. The molecule has 0 unspecified atom stereocenters. The van der Waals surface area contributed by atoms with Crippen molar-refractivity contribution in [2.24, 2.45) is 0 Å². The van der Waals surface area contributed by atoms with Gasteiger partial charge in [0.15, 0.2) is 0 Å². The van der Waals surface area contributed by atoms with Crippen LogP contribution >= 0.6 is 0 Å². The van der Waals surface area contributed by atoms with Crippen molar-refractivity contribution in [3.63, 3.8) is 0 Å². The second kappa shape index (κ2) is 6.90. The first kappa shape index (κ1) is 13.6. The molecule has 0 fully saturated rings. The summed E-state index contributed by atoms with van der Waals surface area (Å²) in [5.41, 5.74) is 3.29. The van der Waals surface area contributed by atoms with Crippen LogP contribution in [0, 0.1) is 6.92 Å². The zero-order chi connectivity index (χ0) is 13.5. The molecular formula is C16H20N2O. The highest BCUT2D eigenvalue weighted by Crippen LogP contribution is 2.17. The van der Waals surface area contributed by atoms with Crippen LogP contribution in [-0.4, -0.2) is 11.6 Å². The molecule has 0 bridgehead atoms. The maximum absolute atomic E-state index is 5.60. The Morgan fingerprint density at radius 2 is 1.89 bits per heavy atom. The van der Waals surface area contributed by atoms with Crippen molar-refractivity contribution in [1.82, 2.24) is 10.3 Å². The molecule has 1 heterocycles. The van der Waals surface area contributed by atoms with Gasteiger partial charge in [-0.15, -0.1) is 0 Å². The number of benzene rings is 1. The molecule has 1 aromatic heterocycles. The number of pyridine rings is 1. The first-order chi connectivity index (χ1) is 9.29. The molecule has 0 amide bonds. The predicted molar refractivity (Wildman–Crippen MR) is 77.1 cm³/mol. The van der Waals surface area contributed by atoms with Crippen molar-refractivity contribution in [3.8, 4) is 5.75 Å². The van der Waals surface area contributed by atoms with Gasteiger partial charge in [0, 0.05) is 24.3 Å². The Balaban J connectivity index is 1.92. The molecule has 1 N–H and O–H groups in total. The van der Waals surface area contributed by atoms with Crippen LogP contribution in [0.15, 0.2) is 42.5 Å². The fourth-order valence-corrected chi connectivity index (χ4v) is 1.97. The van der Waals surface area contributed by atoms with E-state index in [9.17, 15) is 0 Å². The quantitative estimate of drug-likeness (QED) is 0.862. The molecule has 0 saturated heterocycles. The lowest BCUT2D eigenvalue weighted by atomic mass is 10.2. The van der Waals surface area contributed by atoms with E-state index in [1.807, 2.05) is 50.2 Å². The minimum Gasteiger partial charge on any atom is -0.494 e. The summed E-state index contributed by atoms with van der Waals surface area (Å²) in [6.45, 7) is 6.25. The molecule has 19 heavy (non-hydrogen) atoms. The molecule has 0 radical (unpaired) electrons. The lowest BCUT2D eigenvalue weighted by Crippen LogP contribution is -2.14. The molecule has 0 aliphatic heterocycles. The zero-order valence-corrected chi connectivity index (χ0v) is 11.5. The number of para-hydroxylation sites is 1. The van der Waals surface area contributed by atoms with E-state index < -0.39 is 0 Å². The fourth-order valence-electron chi connectivity index (χ4n) is 1.97. The highest BCUT2D eigenvalue weighted by atomic mass is 16.5. The summed E-state index contributed by atoms with van der Waals surface area (Å²) < 4.78 is 5.60. The topological polar surface area (TPSA) is 34.1 Å². The Kier molecular flexibility index (Phi) is 4.93. The van der Waals surface area contributed by atoms with Gasteiger partial charge in [-0.3, -0.25) is 4.98 Å². The average molecular weight is 256 g/mol. The highest BCUT2D eigenvalue weighted by molar-refractivity contribution is 5.33. The second-order valence-corrected chi connectivity index (χ2v) is 4.41. The van der Waals surface area contributed by atoms with Gasteiger partial charge in [0.2, 0.25) is 0 Å². The lowest BCUT2D eigenvalue weighted by molar-refractivity contribution is 0.335. The van der Waals surface area contributed by atoms with E-state index in [-0.39, 0.29) is 0 Å². The molecule has 0 saturated carbocycles.